The Morgan fingerprint density at radius 3 is 2.30 bits per heavy atom. The lowest BCUT2D eigenvalue weighted by molar-refractivity contribution is 0.627. The fourth-order valence-corrected chi connectivity index (χ4v) is 3.63. The van der Waals surface area contributed by atoms with Gasteiger partial charge in [-0.25, -0.2) is 8.78 Å². The van der Waals surface area contributed by atoms with Gasteiger partial charge in [-0.15, -0.1) is 10.2 Å². The Hall–Kier alpha value is -2.99. The van der Waals surface area contributed by atoms with Gasteiger partial charge in [-0.2, -0.15) is 0 Å². The van der Waals surface area contributed by atoms with Gasteiger partial charge in [-0.3, -0.25) is 4.57 Å². The predicted octanol–water partition coefficient (Wildman–Crippen LogP) is 5.50. The third-order valence-electron chi connectivity index (χ3n) is 4.01. The zero-order valence-electron chi connectivity index (χ0n) is 14.2. The highest BCUT2D eigenvalue weighted by Crippen LogP contribution is 2.30. The molecule has 27 heavy (non-hydrogen) atoms. The largest absolute Gasteiger partial charge is 0.270 e. The van der Waals surface area contributed by atoms with Gasteiger partial charge in [0.2, 0.25) is 0 Å². The summed E-state index contributed by atoms with van der Waals surface area (Å²) in [4.78, 5) is 0. The summed E-state index contributed by atoms with van der Waals surface area (Å²) in [6.07, 6.45) is 0. The summed E-state index contributed by atoms with van der Waals surface area (Å²) < 4.78 is 28.9. The van der Waals surface area contributed by atoms with E-state index in [2.05, 4.69) is 10.2 Å². The van der Waals surface area contributed by atoms with Crippen molar-refractivity contribution in [2.75, 3.05) is 0 Å². The van der Waals surface area contributed by atoms with Gasteiger partial charge < -0.3 is 0 Å². The maximum Gasteiger partial charge on any atom is 0.196 e. The summed E-state index contributed by atoms with van der Waals surface area (Å²) in [5.74, 6) is 0.553. The minimum atomic E-state index is -0.348. The molecule has 0 aliphatic heterocycles. The van der Waals surface area contributed by atoms with Crippen molar-refractivity contribution in [1.82, 2.24) is 14.8 Å². The van der Waals surface area contributed by atoms with Crippen LogP contribution in [-0.4, -0.2) is 14.8 Å². The van der Waals surface area contributed by atoms with Gasteiger partial charge in [0.1, 0.15) is 11.6 Å². The van der Waals surface area contributed by atoms with Gasteiger partial charge in [0.15, 0.2) is 11.0 Å². The molecule has 1 aromatic heterocycles. The van der Waals surface area contributed by atoms with Gasteiger partial charge in [0.05, 0.1) is 0 Å². The highest BCUT2D eigenvalue weighted by molar-refractivity contribution is 7.98. The molecule has 0 fully saturated rings. The summed E-state index contributed by atoms with van der Waals surface area (Å²) in [6.45, 7) is 0. The molecule has 0 amide bonds. The van der Waals surface area contributed by atoms with Crippen LogP contribution < -0.4 is 0 Å². The Labute approximate surface area is 159 Å². The molecule has 0 aliphatic rings. The maximum absolute atomic E-state index is 13.7. The van der Waals surface area contributed by atoms with Crippen LogP contribution in [-0.2, 0) is 5.75 Å². The number of halogens is 2. The van der Waals surface area contributed by atoms with E-state index in [0.717, 1.165) is 11.3 Å². The molecule has 4 aromatic rings. The van der Waals surface area contributed by atoms with Crippen molar-refractivity contribution < 1.29 is 8.78 Å². The molecular weight excluding hydrogens is 364 g/mol. The zero-order chi connectivity index (χ0) is 18.6. The number of hydrogen-bond acceptors (Lipinski definition) is 3. The van der Waals surface area contributed by atoms with Crippen LogP contribution in [0.15, 0.2) is 84.0 Å². The number of aromatic nitrogens is 3. The third kappa shape index (κ3) is 3.90. The second-order valence-electron chi connectivity index (χ2n) is 5.90. The molecule has 6 heteroatoms. The van der Waals surface area contributed by atoms with Crippen LogP contribution in [0.2, 0.25) is 0 Å². The van der Waals surface area contributed by atoms with Crippen molar-refractivity contribution in [1.29, 1.82) is 0 Å². The maximum atomic E-state index is 13.7. The van der Waals surface area contributed by atoms with Crippen LogP contribution in [0, 0.1) is 11.6 Å². The van der Waals surface area contributed by atoms with E-state index in [4.69, 9.17) is 0 Å². The van der Waals surface area contributed by atoms with Crippen molar-refractivity contribution in [3.05, 3.63) is 96.1 Å². The second kappa shape index (κ2) is 7.72. The SMILES string of the molecule is Fc1ccc(-n2c(SCc3ccccc3)nnc2-c2cccc(F)c2)cc1. The number of nitrogens with zero attached hydrogens (tertiary/aromatic N) is 3. The lowest BCUT2D eigenvalue weighted by atomic mass is 10.2. The molecule has 0 radical (unpaired) electrons. The van der Waals surface area contributed by atoms with E-state index in [1.54, 1.807) is 24.3 Å². The van der Waals surface area contributed by atoms with Gasteiger partial charge in [-0.05, 0) is 42.0 Å². The molecule has 3 aromatic carbocycles. The van der Waals surface area contributed by atoms with E-state index in [9.17, 15) is 8.78 Å². The molecule has 0 N–H and O–H groups in total. The molecule has 4 rings (SSSR count). The van der Waals surface area contributed by atoms with E-state index in [1.165, 1.54) is 36.0 Å². The lowest BCUT2D eigenvalue weighted by Crippen LogP contribution is -2.00. The van der Waals surface area contributed by atoms with Gasteiger partial charge in [0.25, 0.3) is 0 Å². The van der Waals surface area contributed by atoms with Crippen molar-refractivity contribution in [3.8, 4) is 17.1 Å². The van der Waals surface area contributed by atoms with Gasteiger partial charge in [-0.1, -0.05) is 54.2 Å². The van der Waals surface area contributed by atoms with E-state index < -0.39 is 0 Å². The third-order valence-corrected chi connectivity index (χ3v) is 5.01. The van der Waals surface area contributed by atoms with E-state index >= 15 is 0 Å². The van der Waals surface area contributed by atoms with E-state index in [-0.39, 0.29) is 11.6 Å². The Morgan fingerprint density at radius 2 is 1.56 bits per heavy atom. The summed E-state index contributed by atoms with van der Waals surface area (Å²) in [5, 5.41) is 9.22. The van der Waals surface area contributed by atoms with Crippen molar-refractivity contribution in [3.63, 3.8) is 0 Å². The molecule has 134 valence electrons. The summed E-state index contributed by atoms with van der Waals surface area (Å²) in [5.41, 5.74) is 2.48. The minimum Gasteiger partial charge on any atom is -0.270 e. The first-order valence-corrected chi connectivity index (χ1v) is 9.33. The second-order valence-corrected chi connectivity index (χ2v) is 6.85. The molecule has 1 heterocycles. The number of benzene rings is 3. The fraction of sp³-hybridized carbons (Fsp3) is 0.0476. The van der Waals surface area contributed by atoms with E-state index in [1.807, 2.05) is 34.9 Å². The number of hydrogen-bond donors (Lipinski definition) is 0. The zero-order valence-corrected chi connectivity index (χ0v) is 15.0. The molecule has 0 saturated heterocycles. The highest BCUT2D eigenvalue weighted by atomic mass is 32.2. The van der Waals surface area contributed by atoms with Crippen molar-refractivity contribution in [2.45, 2.75) is 10.9 Å². The standard InChI is InChI=1S/C21H15F2N3S/c22-17-9-11-19(12-10-17)26-20(16-7-4-8-18(23)13-16)24-25-21(26)27-14-15-5-2-1-3-6-15/h1-13H,14H2. The van der Waals surface area contributed by atoms with Crippen LogP contribution in [0.1, 0.15) is 5.56 Å². The van der Waals surface area contributed by atoms with Crippen molar-refractivity contribution in [2.24, 2.45) is 0 Å². The predicted molar refractivity (Wildman–Crippen MR) is 103 cm³/mol. The van der Waals surface area contributed by atoms with Crippen LogP contribution in [0.3, 0.4) is 0 Å². The Balaban J connectivity index is 1.75. The Morgan fingerprint density at radius 1 is 0.778 bits per heavy atom. The van der Waals surface area contributed by atoms with Crippen LogP contribution in [0.25, 0.3) is 17.1 Å². The molecular formula is C21H15F2N3S. The molecule has 0 bridgehead atoms. The van der Waals surface area contributed by atoms with Crippen LogP contribution in [0.5, 0.6) is 0 Å². The first-order chi connectivity index (χ1) is 13.2. The number of rotatable bonds is 5. The molecule has 0 saturated carbocycles. The first kappa shape index (κ1) is 17.4. The topological polar surface area (TPSA) is 30.7 Å². The monoisotopic (exact) mass is 379 g/mol. The Bertz CT molecular complexity index is 1050. The van der Waals surface area contributed by atoms with Gasteiger partial charge in [0, 0.05) is 17.0 Å². The first-order valence-electron chi connectivity index (χ1n) is 8.35. The lowest BCUT2D eigenvalue weighted by Gasteiger charge is -2.10. The summed E-state index contributed by atoms with van der Waals surface area (Å²) in [7, 11) is 0. The molecule has 0 aliphatic carbocycles. The van der Waals surface area contributed by atoms with Gasteiger partial charge >= 0.3 is 0 Å². The number of thioether (sulfide) groups is 1. The molecule has 0 unspecified atom stereocenters. The van der Waals surface area contributed by atoms with Crippen LogP contribution >= 0.6 is 11.8 Å². The molecule has 0 atom stereocenters. The van der Waals surface area contributed by atoms with Crippen molar-refractivity contribution >= 4 is 11.8 Å². The fourth-order valence-electron chi connectivity index (χ4n) is 2.72. The Kier molecular flexibility index (Phi) is 4.98. The highest BCUT2D eigenvalue weighted by Gasteiger charge is 2.16. The summed E-state index contributed by atoms with van der Waals surface area (Å²) >= 11 is 1.52. The normalized spacial score (nSPS) is 10.9. The quantitative estimate of drug-likeness (QED) is 0.429. The van der Waals surface area contributed by atoms with Crippen LogP contribution in [0.4, 0.5) is 8.78 Å². The summed E-state index contributed by atoms with van der Waals surface area (Å²) in [6, 6.07) is 22.3. The molecule has 3 nitrogen and oxygen atoms in total. The van der Waals surface area contributed by atoms with E-state index in [0.29, 0.717) is 22.3 Å². The average Bonchev–Trinajstić information content (AvgIpc) is 3.12. The smallest absolute Gasteiger partial charge is 0.196 e. The average molecular weight is 379 g/mol. The minimum absolute atomic E-state index is 0.322. The molecule has 0 spiro atoms.